The number of allylic oxidation sites excluding steroid dienone is 4. The van der Waals surface area contributed by atoms with Gasteiger partial charge in [-0.3, -0.25) is 0 Å². The minimum atomic E-state index is -1.21. The molecule has 0 saturated carbocycles. The standard InChI is InChI=1S/C18H26O6/c1-3-5-6-12-16(20)23-15-11-8-7-10-13(19)17(21)14(9-4-2)24-18(15)22/h3,5-7,10,12-15,17,19,21H,4,8-9,11H2,1-2H3/b5-3+,10-7+,12-6+/t13-,14-,15+,17+/m1/s1. The molecule has 1 rings (SSSR count). The van der Waals surface area contributed by atoms with Crippen LogP contribution in [0.3, 0.4) is 0 Å². The molecule has 0 bridgehead atoms. The molecule has 6 nitrogen and oxygen atoms in total. The molecule has 0 amide bonds. The number of ether oxygens (including phenoxy) is 2. The van der Waals surface area contributed by atoms with Crippen LogP contribution < -0.4 is 0 Å². The van der Waals surface area contributed by atoms with Gasteiger partial charge in [0.15, 0.2) is 6.10 Å². The fourth-order valence-corrected chi connectivity index (χ4v) is 2.28. The van der Waals surface area contributed by atoms with Crippen molar-refractivity contribution >= 4 is 11.9 Å². The number of hydrogen-bond donors (Lipinski definition) is 2. The van der Waals surface area contributed by atoms with Crippen molar-refractivity contribution in [2.45, 2.75) is 63.9 Å². The van der Waals surface area contributed by atoms with Gasteiger partial charge in [0.1, 0.15) is 18.3 Å². The lowest BCUT2D eigenvalue weighted by molar-refractivity contribution is -0.176. The lowest BCUT2D eigenvalue weighted by Crippen LogP contribution is -2.42. The third-order valence-corrected chi connectivity index (χ3v) is 3.56. The number of carbonyl (C=O) groups excluding carboxylic acids is 2. The van der Waals surface area contributed by atoms with E-state index in [0.717, 1.165) is 0 Å². The van der Waals surface area contributed by atoms with E-state index in [1.165, 1.54) is 18.2 Å². The summed E-state index contributed by atoms with van der Waals surface area (Å²) < 4.78 is 10.4. The maximum atomic E-state index is 12.3. The van der Waals surface area contributed by atoms with E-state index >= 15 is 0 Å². The third-order valence-electron chi connectivity index (χ3n) is 3.56. The van der Waals surface area contributed by atoms with Crippen LogP contribution >= 0.6 is 0 Å². The van der Waals surface area contributed by atoms with Crippen LogP contribution in [0.2, 0.25) is 0 Å². The third kappa shape index (κ3) is 6.68. The molecule has 0 aromatic heterocycles. The first kappa shape index (κ1) is 20.1. The van der Waals surface area contributed by atoms with Crippen molar-refractivity contribution in [1.29, 1.82) is 0 Å². The second-order valence-corrected chi connectivity index (χ2v) is 5.56. The smallest absolute Gasteiger partial charge is 0.347 e. The summed E-state index contributed by atoms with van der Waals surface area (Å²) >= 11 is 0. The van der Waals surface area contributed by atoms with Crippen molar-refractivity contribution in [3.63, 3.8) is 0 Å². The lowest BCUT2D eigenvalue weighted by atomic mass is 10.0. The summed E-state index contributed by atoms with van der Waals surface area (Å²) in [4.78, 5) is 24.0. The number of aliphatic hydroxyl groups is 2. The summed E-state index contributed by atoms with van der Waals surface area (Å²) in [7, 11) is 0. The van der Waals surface area contributed by atoms with Crippen molar-refractivity contribution in [3.8, 4) is 0 Å². The van der Waals surface area contributed by atoms with E-state index < -0.39 is 36.4 Å². The molecule has 6 heteroatoms. The van der Waals surface area contributed by atoms with Crippen LogP contribution in [-0.2, 0) is 19.1 Å². The summed E-state index contributed by atoms with van der Waals surface area (Å²) in [6, 6.07) is 0. The Kier molecular flexibility index (Phi) is 9.04. The van der Waals surface area contributed by atoms with Gasteiger partial charge in [0, 0.05) is 6.08 Å². The highest BCUT2D eigenvalue weighted by atomic mass is 16.6. The second kappa shape index (κ2) is 10.8. The maximum Gasteiger partial charge on any atom is 0.347 e. The van der Waals surface area contributed by atoms with E-state index in [2.05, 4.69) is 0 Å². The first-order valence-electron chi connectivity index (χ1n) is 8.22. The van der Waals surface area contributed by atoms with Gasteiger partial charge >= 0.3 is 11.9 Å². The molecule has 24 heavy (non-hydrogen) atoms. The maximum absolute atomic E-state index is 12.3. The molecule has 0 saturated heterocycles. The van der Waals surface area contributed by atoms with Crippen LogP contribution in [0.15, 0.2) is 36.5 Å². The highest BCUT2D eigenvalue weighted by Crippen LogP contribution is 2.17. The fraction of sp³-hybridized carbons (Fsp3) is 0.556. The van der Waals surface area contributed by atoms with Crippen molar-refractivity contribution in [2.75, 3.05) is 0 Å². The summed E-state index contributed by atoms with van der Waals surface area (Å²) in [6.45, 7) is 3.69. The Labute approximate surface area is 142 Å². The summed E-state index contributed by atoms with van der Waals surface area (Å²) in [5.74, 6) is -1.34. The van der Waals surface area contributed by atoms with Crippen molar-refractivity contribution in [2.24, 2.45) is 0 Å². The number of aliphatic hydroxyl groups excluding tert-OH is 2. The predicted octanol–water partition coefficient (Wildman–Crippen LogP) is 1.81. The zero-order valence-corrected chi connectivity index (χ0v) is 14.1. The van der Waals surface area contributed by atoms with E-state index in [1.807, 2.05) is 13.8 Å². The molecular weight excluding hydrogens is 312 g/mol. The van der Waals surface area contributed by atoms with E-state index in [-0.39, 0.29) is 6.42 Å². The van der Waals surface area contributed by atoms with Gasteiger partial charge in [-0.15, -0.1) is 0 Å². The number of cyclic esters (lactones) is 1. The molecule has 0 fully saturated rings. The second-order valence-electron chi connectivity index (χ2n) is 5.56. The molecule has 0 aromatic rings. The number of esters is 2. The average molecular weight is 338 g/mol. The molecule has 0 aromatic carbocycles. The van der Waals surface area contributed by atoms with Crippen molar-refractivity contribution < 1.29 is 29.3 Å². The predicted molar refractivity (Wildman–Crippen MR) is 89.0 cm³/mol. The quantitative estimate of drug-likeness (QED) is 0.344. The normalized spacial score (nSPS) is 30.2. The minimum Gasteiger partial charge on any atom is -0.457 e. The Bertz CT molecular complexity index is 494. The summed E-state index contributed by atoms with van der Waals surface area (Å²) in [6.07, 6.45) is 6.83. The van der Waals surface area contributed by atoms with Crippen LogP contribution in [0.1, 0.15) is 39.5 Å². The monoisotopic (exact) mass is 338 g/mol. The Morgan fingerprint density at radius 2 is 2.17 bits per heavy atom. The van der Waals surface area contributed by atoms with Crippen LogP contribution in [0, 0.1) is 0 Å². The first-order chi connectivity index (χ1) is 11.5. The van der Waals surface area contributed by atoms with Gasteiger partial charge in [-0.1, -0.05) is 43.7 Å². The number of hydrogen-bond acceptors (Lipinski definition) is 6. The SMILES string of the molecule is C/C=C/C=C/C(=O)O[C@H]1CC/C=C/[C@@H](O)[C@H](O)[C@@H](CCC)OC1=O. The van der Waals surface area contributed by atoms with Gasteiger partial charge in [0.05, 0.1) is 0 Å². The molecule has 134 valence electrons. The topological polar surface area (TPSA) is 93.1 Å². The first-order valence-corrected chi connectivity index (χ1v) is 8.22. The van der Waals surface area contributed by atoms with Gasteiger partial charge < -0.3 is 19.7 Å². The van der Waals surface area contributed by atoms with E-state index in [4.69, 9.17) is 9.47 Å². The number of rotatable bonds is 5. The molecule has 0 unspecified atom stereocenters. The molecule has 0 radical (unpaired) electrons. The molecule has 0 aliphatic carbocycles. The Morgan fingerprint density at radius 3 is 2.83 bits per heavy atom. The van der Waals surface area contributed by atoms with Crippen LogP contribution in [0.5, 0.6) is 0 Å². The minimum absolute atomic E-state index is 0.250. The largest absolute Gasteiger partial charge is 0.457 e. The lowest BCUT2D eigenvalue weighted by Gasteiger charge is -2.27. The van der Waals surface area contributed by atoms with E-state index in [9.17, 15) is 19.8 Å². The Morgan fingerprint density at radius 1 is 1.42 bits per heavy atom. The van der Waals surface area contributed by atoms with Gasteiger partial charge in [0.2, 0.25) is 0 Å². The Balaban J connectivity index is 2.84. The fourth-order valence-electron chi connectivity index (χ4n) is 2.28. The summed E-state index contributed by atoms with van der Waals surface area (Å²) in [5.41, 5.74) is 0. The van der Waals surface area contributed by atoms with Gasteiger partial charge in [-0.05, 0) is 26.2 Å². The number of carbonyl (C=O) groups is 2. The molecule has 1 aliphatic rings. The Hall–Kier alpha value is -1.92. The van der Waals surface area contributed by atoms with Gasteiger partial charge in [0.25, 0.3) is 0 Å². The molecule has 2 N–H and O–H groups in total. The highest BCUT2D eigenvalue weighted by molar-refractivity contribution is 5.85. The van der Waals surface area contributed by atoms with Crippen molar-refractivity contribution in [3.05, 3.63) is 36.5 Å². The highest BCUT2D eigenvalue weighted by Gasteiger charge is 2.32. The molecule has 1 heterocycles. The van der Waals surface area contributed by atoms with Gasteiger partial charge in [-0.2, -0.15) is 0 Å². The molecule has 1 aliphatic heterocycles. The summed E-state index contributed by atoms with van der Waals surface area (Å²) in [5, 5.41) is 20.0. The van der Waals surface area contributed by atoms with Gasteiger partial charge in [-0.25, -0.2) is 9.59 Å². The van der Waals surface area contributed by atoms with E-state index in [1.54, 1.807) is 18.2 Å². The van der Waals surface area contributed by atoms with Crippen LogP contribution in [0.25, 0.3) is 0 Å². The van der Waals surface area contributed by atoms with Crippen LogP contribution in [-0.4, -0.2) is 46.6 Å². The zero-order chi connectivity index (χ0) is 17.9. The van der Waals surface area contributed by atoms with Crippen LogP contribution in [0.4, 0.5) is 0 Å². The molecular formula is C18H26O6. The van der Waals surface area contributed by atoms with E-state index in [0.29, 0.717) is 19.3 Å². The average Bonchev–Trinajstić information content (AvgIpc) is 2.55. The molecule has 4 atom stereocenters. The molecule has 0 spiro atoms. The van der Waals surface area contributed by atoms with Crippen molar-refractivity contribution in [1.82, 2.24) is 0 Å². The zero-order valence-electron chi connectivity index (χ0n) is 14.1.